The zero-order chi connectivity index (χ0) is 13.4. The third kappa shape index (κ3) is 2.22. The Kier molecular flexibility index (Phi) is 3.21. The van der Waals surface area contributed by atoms with E-state index in [-0.39, 0.29) is 6.10 Å². The molecule has 1 unspecified atom stereocenters. The van der Waals surface area contributed by atoms with Crippen molar-refractivity contribution in [1.82, 2.24) is 0 Å². The maximum absolute atomic E-state index is 6.30. The second-order valence-electron chi connectivity index (χ2n) is 4.96. The lowest BCUT2D eigenvalue weighted by atomic mass is 9.98. The summed E-state index contributed by atoms with van der Waals surface area (Å²) in [5.41, 5.74) is 10.2. The number of ether oxygens (including phenoxy) is 1. The van der Waals surface area contributed by atoms with E-state index in [1.165, 1.54) is 11.1 Å². The summed E-state index contributed by atoms with van der Waals surface area (Å²) in [4.78, 5) is 0. The number of hydrogen-bond acceptors (Lipinski definition) is 2. The van der Waals surface area contributed by atoms with E-state index in [9.17, 15) is 0 Å². The first kappa shape index (κ1) is 12.5. The van der Waals surface area contributed by atoms with Gasteiger partial charge in [-0.3, -0.25) is 0 Å². The molecule has 1 heterocycles. The standard InChI is InChI=1S/C16H16ClNO/c1-10-6-11-8-12(9-18)19-16(11)14(7-10)13-4-2-3-5-15(13)17/h2-7,12H,8-9,18H2,1H3. The van der Waals surface area contributed by atoms with Gasteiger partial charge < -0.3 is 10.5 Å². The maximum atomic E-state index is 6.30. The lowest BCUT2D eigenvalue weighted by Gasteiger charge is -2.12. The molecule has 2 nitrogen and oxygen atoms in total. The van der Waals surface area contributed by atoms with Crippen molar-refractivity contribution in [2.75, 3.05) is 6.54 Å². The third-order valence-corrected chi connectivity index (χ3v) is 3.80. The quantitative estimate of drug-likeness (QED) is 0.908. The fraction of sp³-hybridized carbons (Fsp3) is 0.250. The highest BCUT2D eigenvalue weighted by molar-refractivity contribution is 6.33. The van der Waals surface area contributed by atoms with Gasteiger partial charge in [-0.1, -0.05) is 35.9 Å². The lowest BCUT2D eigenvalue weighted by Crippen LogP contribution is -2.24. The molecule has 0 bridgehead atoms. The van der Waals surface area contributed by atoms with Crippen LogP contribution in [-0.2, 0) is 6.42 Å². The highest BCUT2D eigenvalue weighted by Crippen LogP contribution is 2.41. The van der Waals surface area contributed by atoms with Crippen molar-refractivity contribution in [2.45, 2.75) is 19.4 Å². The van der Waals surface area contributed by atoms with Gasteiger partial charge in [0.15, 0.2) is 0 Å². The molecule has 0 radical (unpaired) electrons. The first-order valence-corrected chi connectivity index (χ1v) is 6.82. The third-order valence-electron chi connectivity index (χ3n) is 3.47. The number of benzene rings is 2. The summed E-state index contributed by atoms with van der Waals surface area (Å²) in [6.07, 6.45) is 0.961. The van der Waals surface area contributed by atoms with Gasteiger partial charge in [-0.05, 0) is 30.2 Å². The molecule has 1 aliphatic heterocycles. The van der Waals surface area contributed by atoms with Crippen molar-refractivity contribution >= 4 is 11.6 Å². The molecule has 2 aromatic rings. The predicted octanol–water partition coefficient (Wildman–Crippen LogP) is 3.58. The average molecular weight is 274 g/mol. The minimum Gasteiger partial charge on any atom is -0.488 e. The number of nitrogens with two attached hydrogens (primary N) is 1. The summed E-state index contributed by atoms with van der Waals surface area (Å²) in [6.45, 7) is 2.63. The van der Waals surface area contributed by atoms with Crippen LogP contribution in [0.5, 0.6) is 5.75 Å². The average Bonchev–Trinajstić information content (AvgIpc) is 2.81. The van der Waals surface area contributed by atoms with E-state index in [0.29, 0.717) is 6.54 Å². The summed E-state index contributed by atoms with van der Waals surface area (Å²) in [6, 6.07) is 12.2. The van der Waals surface area contributed by atoms with E-state index < -0.39 is 0 Å². The lowest BCUT2D eigenvalue weighted by molar-refractivity contribution is 0.242. The highest BCUT2D eigenvalue weighted by Gasteiger charge is 2.25. The summed E-state index contributed by atoms with van der Waals surface area (Å²) in [7, 11) is 0. The van der Waals surface area contributed by atoms with Gasteiger partial charge in [-0.25, -0.2) is 0 Å². The number of rotatable bonds is 2. The van der Waals surface area contributed by atoms with E-state index in [2.05, 4.69) is 19.1 Å². The minimum atomic E-state index is 0.0815. The van der Waals surface area contributed by atoms with Crippen molar-refractivity contribution in [3.63, 3.8) is 0 Å². The first-order valence-electron chi connectivity index (χ1n) is 6.44. The second kappa shape index (κ2) is 4.87. The van der Waals surface area contributed by atoms with Crippen LogP contribution in [0.4, 0.5) is 0 Å². The topological polar surface area (TPSA) is 35.2 Å². The van der Waals surface area contributed by atoms with E-state index >= 15 is 0 Å². The van der Waals surface area contributed by atoms with Crippen LogP contribution < -0.4 is 10.5 Å². The SMILES string of the molecule is Cc1cc2c(c(-c3ccccc3Cl)c1)OC(CN)C2. The molecule has 0 saturated heterocycles. The van der Waals surface area contributed by atoms with Gasteiger partial charge >= 0.3 is 0 Å². The zero-order valence-electron chi connectivity index (χ0n) is 10.8. The van der Waals surface area contributed by atoms with Gasteiger partial charge in [0.05, 0.1) is 0 Å². The van der Waals surface area contributed by atoms with E-state index in [0.717, 1.165) is 28.3 Å². The van der Waals surface area contributed by atoms with Gasteiger partial charge in [0.1, 0.15) is 11.9 Å². The molecule has 3 heteroatoms. The van der Waals surface area contributed by atoms with Crippen LogP contribution >= 0.6 is 11.6 Å². The van der Waals surface area contributed by atoms with Crippen LogP contribution in [-0.4, -0.2) is 12.6 Å². The molecule has 3 rings (SSSR count). The zero-order valence-corrected chi connectivity index (χ0v) is 11.6. The van der Waals surface area contributed by atoms with Gasteiger partial charge in [0.2, 0.25) is 0 Å². The Labute approximate surface area is 118 Å². The van der Waals surface area contributed by atoms with Crippen LogP contribution in [0.3, 0.4) is 0 Å². The number of aryl methyl sites for hydroxylation is 1. The first-order chi connectivity index (χ1) is 9.19. The normalized spacial score (nSPS) is 17.1. The molecule has 98 valence electrons. The van der Waals surface area contributed by atoms with Crippen LogP contribution in [0.2, 0.25) is 5.02 Å². The van der Waals surface area contributed by atoms with Crippen LogP contribution in [0.1, 0.15) is 11.1 Å². The van der Waals surface area contributed by atoms with Crippen molar-refractivity contribution in [1.29, 1.82) is 0 Å². The number of fused-ring (bicyclic) bond motifs is 1. The fourth-order valence-corrected chi connectivity index (χ4v) is 2.84. The van der Waals surface area contributed by atoms with Crippen molar-refractivity contribution in [3.8, 4) is 16.9 Å². The number of hydrogen-bond donors (Lipinski definition) is 1. The van der Waals surface area contributed by atoms with Crippen LogP contribution in [0, 0.1) is 6.92 Å². The maximum Gasteiger partial charge on any atom is 0.131 e. The van der Waals surface area contributed by atoms with Crippen molar-refractivity contribution in [3.05, 3.63) is 52.5 Å². The highest BCUT2D eigenvalue weighted by atomic mass is 35.5. The molecule has 0 aliphatic carbocycles. The molecule has 2 aromatic carbocycles. The molecule has 0 amide bonds. The smallest absolute Gasteiger partial charge is 0.131 e. The summed E-state index contributed by atoms with van der Waals surface area (Å²) < 4.78 is 5.97. The molecule has 0 fully saturated rings. The molecular weight excluding hydrogens is 258 g/mol. The Bertz CT molecular complexity index is 624. The Hall–Kier alpha value is -1.51. The molecular formula is C16H16ClNO. The summed E-state index contributed by atoms with van der Waals surface area (Å²) in [5, 5.41) is 0.745. The molecule has 1 atom stereocenters. The van der Waals surface area contributed by atoms with Gasteiger partial charge in [-0.2, -0.15) is 0 Å². The Morgan fingerprint density at radius 2 is 2.05 bits per heavy atom. The number of halogens is 1. The molecule has 0 aromatic heterocycles. The van der Waals surface area contributed by atoms with E-state index in [4.69, 9.17) is 22.1 Å². The monoisotopic (exact) mass is 273 g/mol. The molecule has 0 saturated carbocycles. The van der Waals surface area contributed by atoms with Gasteiger partial charge in [0.25, 0.3) is 0 Å². The molecule has 0 spiro atoms. The molecule has 1 aliphatic rings. The van der Waals surface area contributed by atoms with E-state index in [1.54, 1.807) is 0 Å². The minimum absolute atomic E-state index is 0.0815. The van der Waals surface area contributed by atoms with Gasteiger partial charge in [-0.15, -0.1) is 0 Å². The Morgan fingerprint density at radius 3 is 2.79 bits per heavy atom. The van der Waals surface area contributed by atoms with E-state index in [1.807, 2.05) is 24.3 Å². The largest absolute Gasteiger partial charge is 0.488 e. The van der Waals surface area contributed by atoms with Gasteiger partial charge in [0, 0.05) is 29.1 Å². The molecule has 2 N–H and O–H groups in total. The summed E-state index contributed by atoms with van der Waals surface area (Å²) in [5.74, 6) is 0.939. The fourth-order valence-electron chi connectivity index (χ4n) is 2.60. The second-order valence-corrected chi connectivity index (χ2v) is 5.37. The Morgan fingerprint density at radius 1 is 1.26 bits per heavy atom. The predicted molar refractivity (Wildman–Crippen MR) is 78.8 cm³/mol. The van der Waals surface area contributed by atoms with Crippen molar-refractivity contribution < 1.29 is 4.74 Å². The van der Waals surface area contributed by atoms with Crippen LogP contribution in [0.15, 0.2) is 36.4 Å². The molecule has 19 heavy (non-hydrogen) atoms. The van der Waals surface area contributed by atoms with Crippen molar-refractivity contribution in [2.24, 2.45) is 5.73 Å². The van der Waals surface area contributed by atoms with Crippen LogP contribution in [0.25, 0.3) is 11.1 Å². The Balaban J connectivity index is 2.16. The summed E-state index contributed by atoms with van der Waals surface area (Å²) >= 11 is 6.30.